The topological polar surface area (TPSA) is 67.8 Å². The van der Waals surface area contributed by atoms with Crippen molar-refractivity contribution < 1.29 is 19.4 Å². The fraction of sp³-hybridized carbons (Fsp3) is 0.533. The van der Waals surface area contributed by atoms with Gasteiger partial charge in [0.15, 0.2) is 0 Å². The Morgan fingerprint density at radius 3 is 2.57 bits per heavy atom. The number of rotatable bonds is 9. The van der Waals surface area contributed by atoms with Crippen LogP contribution in [0.2, 0.25) is 0 Å². The van der Waals surface area contributed by atoms with Gasteiger partial charge in [-0.2, -0.15) is 11.8 Å². The van der Waals surface area contributed by atoms with Crippen molar-refractivity contribution in [3.8, 4) is 5.75 Å². The number of thioether (sulfide) groups is 1. The Labute approximate surface area is 130 Å². The predicted octanol–water partition coefficient (Wildman–Crippen LogP) is 2.15. The van der Waals surface area contributed by atoms with Crippen LogP contribution in [0.25, 0.3) is 0 Å². The van der Waals surface area contributed by atoms with E-state index in [1.807, 2.05) is 20.1 Å². The first-order valence-electron chi connectivity index (χ1n) is 6.89. The van der Waals surface area contributed by atoms with E-state index in [2.05, 4.69) is 5.32 Å². The Hall–Kier alpha value is -1.24. The molecule has 2 N–H and O–H groups in total. The van der Waals surface area contributed by atoms with Crippen molar-refractivity contribution in [2.75, 3.05) is 31.4 Å². The van der Waals surface area contributed by atoms with E-state index in [1.54, 1.807) is 24.3 Å². The Bertz CT molecular complexity index is 424. The summed E-state index contributed by atoms with van der Waals surface area (Å²) in [6.07, 6.45) is 1.25. The van der Waals surface area contributed by atoms with E-state index >= 15 is 0 Å². The van der Waals surface area contributed by atoms with Gasteiger partial charge < -0.3 is 19.9 Å². The number of nitrogens with one attached hydrogen (secondary N) is 1. The third kappa shape index (κ3) is 6.84. The number of amides is 1. The minimum absolute atomic E-state index is 0.0247. The molecule has 1 rings (SSSR count). The van der Waals surface area contributed by atoms with Gasteiger partial charge in [0.25, 0.3) is 0 Å². The molecule has 0 radical (unpaired) electrons. The lowest BCUT2D eigenvalue weighted by molar-refractivity contribution is -0.115. The third-order valence-corrected chi connectivity index (χ3v) is 3.72. The van der Waals surface area contributed by atoms with Gasteiger partial charge in [-0.3, -0.25) is 4.79 Å². The van der Waals surface area contributed by atoms with Crippen molar-refractivity contribution in [2.24, 2.45) is 0 Å². The smallest absolute Gasteiger partial charge is 0.237 e. The summed E-state index contributed by atoms with van der Waals surface area (Å²) in [7, 11) is 0. The summed E-state index contributed by atoms with van der Waals surface area (Å²) in [6.45, 7) is 4.74. The van der Waals surface area contributed by atoms with Crippen molar-refractivity contribution >= 4 is 23.4 Å². The van der Waals surface area contributed by atoms with Crippen LogP contribution in [-0.2, 0) is 9.53 Å². The van der Waals surface area contributed by atoms with Gasteiger partial charge in [0.2, 0.25) is 5.91 Å². The van der Waals surface area contributed by atoms with Crippen LogP contribution in [-0.4, -0.2) is 48.4 Å². The van der Waals surface area contributed by atoms with E-state index in [4.69, 9.17) is 9.47 Å². The number of ether oxygens (including phenoxy) is 2. The molecule has 1 aromatic carbocycles. The van der Waals surface area contributed by atoms with Gasteiger partial charge in [0.1, 0.15) is 18.5 Å². The maximum atomic E-state index is 11.7. The first kappa shape index (κ1) is 17.8. The molecule has 2 atom stereocenters. The molecule has 1 aromatic rings. The van der Waals surface area contributed by atoms with Gasteiger partial charge in [0, 0.05) is 12.3 Å². The van der Waals surface area contributed by atoms with Gasteiger partial charge in [0.05, 0.1) is 11.9 Å². The van der Waals surface area contributed by atoms with Gasteiger partial charge in [-0.25, -0.2) is 0 Å². The molecule has 0 bridgehead atoms. The Kier molecular flexibility index (Phi) is 8.19. The molecule has 0 saturated carbocycles. The Balaban J connectivity index is 2.41. The largest absolute Gasteiger partial charge is 0.491 e. The van der Waals surface area contributed by atoms with Crippen molar-refractivity contribution in [1.82, 2.24) is 0 Å². The number of aliphatic hydroxyl groups is 1. The number of aliphatic hydroxyl groups excluding tert-OH is 1. The highest BCUT2D eigenvalue weighted by Crippen LogP contribution is 2.17. The van der Waals surface area contributed by atoms with E-state index in [0.717, 1.165) is 5.69 Å². The van der Waals surface area contributed by atoms with Gasteiger partial charge >= 0.3 is 0 Å². The molecular formula is C15H23NO4S. The predicted molar refractivity (Wildman–Crippen MR) is 86.0 cm³/mol. The minimum atomic E-state index is -0.647. The molecule has 0 aliphatic rings. The lowest BCUT2D eigenvalue weighted by atomic mass is 10.3. The summed E-state index contributed by atoms with van der Waals surface area (Å²) in [5.74, 6) is 0.616. The molecule has 0 spiro atoms. The third-order valence-electron chi connectivity index (χ3n) is 2.80. The zero-order valence-electron chi connectivity index (χ0n) is 12.7. The molecule has 0 saturated heterocycles. The van der Waals surface area contributed by atoms with E-state index in [-0.39, 0.29) is 24.4 Å². The van der Waals surface area contributed by atoms with Gasteiger partial charge in [-0.05, 0) is 44.4 Å². The lowest BCUT2D eigenvalue weighted by Crippen LogP contribution is -2.23. The van der Waals surface area contributed by atoms with Crippen molar-refractivity contribution in [2.45, 2.75) is 25.2 Å². The summed E-state index contributed by atoms with van der Waals surface area (Å²) < 4.78 is 10.5. The molecule has 0 fully saturated rings. The Morgan fingerprint density at radius 2 is 2.00 bits per heavy atom. The number of carbonyl (C=O) groups is 1. The number of hydrogen-bond acceptors (Lipinski definition) is 5. The molecular weight excluding hydrogens is 290 g/mol. The fourth-order valence-corrected chi connectivity index (χ4v) is 1.75. The van der Waals surface area contributed by atoms with E-state index < -0.39 is 6.10 Å². The number of hydrogen-bond donors (Lipinski definition) is 2. The van der Waals surface area contributed by atoms with Crippen molar-refractivity contribution in [3.05, 3.63) is 24.3 Å². The molecule has 1 amide bonds. The summed E-state index contributed by atoms with van der Waals surface area (Å²) >= 11 is 1.50. The normalized spacial score (nSPS) is 13.5. The van der Waals surface area contributed by atoms with Crippen LogP contribution in [0.3, 0.4) is 0 Å². The maximum Gasteiger partial charge on any atom is 0.237 e. The molecule has 0 aromatic heterocycles. The van der Waals surface area contributed by atoms with E-state index in [1.165, 1.54) is 11.8 Å². The minimum Gasteiger partial charge on any atom is -0.491 e. The SMILES string of the molecule is CCOCC(O)COc1ccc(NC(=O)C(C)SC)cc1. The van der Waals surface area contributed by atoms with Crippen LogP contribution in [0.15, 0.2) is 24.3 Å². The van der Waals surface area contributed by atoms with Gasteiger partial charge in [-0.15, -0.1) is 0 Å². The van der Waals surface area contributed by atoms with Crippen LogP contribution >= 0.6 is 11.8 Å². The molecule has 5 nitrogen and oxygen atoms in total. The van der Waals surface area contributed by atoms with Crippen LogP contribution in [0.1, 0.15) is 13.8 Å². The maximum absolute atomic E-state index is 11.7. The van der Waals surface area contributed by atoms with Crippen LogP contribution in [0.4, 0.5) is 5.69 Å². The van der Waals surface area contributed by atoms with Crippen LogP contribution in [0, 0.1) is 0 Å². The second kappa shape index (κ2) is 9.65. The lowest BCUT2D eigenvalue weighted by Gasteiger charge is -2.13. The summed E-state index contributed by atoms with van der Waals surface area (Å²) in [4.78, 5) is 11.7. The van der Waals surface area contributed by atoms with Gasteiger partial charge in [-0.1, -0.05) is 0 Å². The summed E-state index contributed by atoms with van der Waals surface area (Å²) in [6, 6.07) is 7.06. The molecule has 118 valence electrons. The van der Waals surface area contributed by atoms with E-state index in [0.29, 0.717) is 12.4 Å². The number of anilines is 1. The second-order valence-electron chi connectivity index (χ2n) is 4.52. The number of carbonyl (C=O) groups excluding carboxylic acids is 1. The standard InChI is InChI=1S/C15H23NO4S/c1-4-19-9-13(17)10-20-14-7-5-12(6-8-14)16-15(18)11(2)21-3/h5-8,11,13,17H,4,9-10H2,1-3H3,(H,16,18). The average molecular weight is 313 g/mol. The molecule has 6 heteroatoms. The van der Waals surface area contributed by atoms with Crippen LogP contribution in [0.5, 0.6) is 5.75 Å². The highest BCUT2D eigenvalue weighted by Gasteiger charge is 2.11. The van der Waals surface area contributed by atoms with Crippen molar-refractivity contribution in [3.63, 3.8) is 0 Å². The Morgan fingerprint density at radius 1 is 1.33 bits per heavy atom. The summed E-state index contributed by atoms with van der Waals surface area (Å²) in [5, 5.41) is 12.3. The van der Waals surface area contributed by atoms with E-state index in [9.17, 15) is 9.90 Å². The molecule has 0 heterocycles. The van der Waals surface area contributed by atoms with Crippen LogP contribution < -0.4 is 10.1 Å². The quantitative estimate of drug-likeness (QED) is 0.731. The molecule has 21 heavy (non-hydrogen) atoms. The average Bonchev–Trinajstić information content (AvgIpc) is 2.51. The summed E-state index contributed by atoms with van der Waals surface area (Å²) in [5.41, 5.74) is 0.725. The first-order chi connectivity index (χ1) is 10.1. The second-order valence-corrected chi connectivity index (χ2v) is 5.69. The molecule has 0 aliphatic heterocycles. The fourth-order valence-electron chi connectivity index (χ4n) is 1.48. The highest BCUT2D eigenvalue weighted by atomic mass is 32.2. The highest BCUT2D eigenvalue weighted by molar-refractivity contribution is 7.99. The monoisotopic (exact) mass is 313 g/mol. The molecule has 2 unspecified atom stereocenters. The first-order valence-corrected chi connectivity index (χ1v) is 8.18. The van der Waals surface area contributed by atoms with Crippen molar-refractivity contribution in [1.29, 1.82) is 0 Å². The number of benzene rings is 1. The molecule has 0 aliphatic carbocycles. The zero-order valence-corrected chi connectivity index (χ0v) is 13.5. The zero-order chi connectivity index (χ0) is 15.7.